The molecule has 3 rings (SSSR count). The first-order valence-corrected chi connectivity index (χ1v) is 9.27. The van der Waals surface area contributed by atoms with Gasteiger partial charge >= 0.3 is 0 Å². The van der Waals surface area contributed by atoms with Crippen LogP contribution in [0.25, 0.3) is 0 Å². The fourth-order valence-electron chi connectivity index (χ4n) is 2.74. The molecule has 0 aromatic carbocycles. The van der Waals surface area contributed by atoms with Crippen LogP contribution >= 0.6 is 11.3 Å². The van der Waals surface area contributed by atoms with Gasteiger partial charge in [-0.2, -0.15) is 0 Å². The smallest absolute Gasteiger partial charge is 0.231 e. The summed E-state index contributed by atoms with van der Waals surface area (Å²) in [5.74, 6) is -0.561. The predicted octanol–water partition coefficient (Wildman–Crippen LogP) is 1.02. The maximum absolute atomic E-state index is 12.5. The summed E-state index contributed by atoms with van der Waals surface area (Å²) in [5.41, 5.74) is 0.955. The van der Waals surface area contributed by atoms with E-state index < -0.39 is 0 Å². The van der Waals surface area contributed by atoms with Crippen molar-refractivity contribution in [3.63, 3.8) is 0 Å². The van der Waals surface area contributed by atoms with Crippen LogP contribution in [0.2, 0.25) is 0 Å². The molecule has 0 radical (unpaired) electrons. The lowest BCUT2D eigenvalue weighted by Gasteiger charge is -2.16. The molecule has 1 aliphatic rings. The van der Waals surface area contributed by atoms with Crippen LogP contribution in [0.15, 0.2) is 24.5 Å². The molecule has 0 spiro atoms. The van der Waals surface area contributed by atoms with Crippen LogP contribution in [-0.4, -0.2) is 64.0 Å². The number of hydrogen-bond donors (Lipinski definition) is 1. The van der Waals surface area contributed by atoms with Crippen molar-refractivity contribution < 1.29 is 9.59 Å². The molecule has 2 aromatic rings. The zero-order valence-electron chi connectivity index (χ0n) is 14.9. The van der Waals surface area contributed by atoms with Crippen molar-refractivity contribution in [1.82, 2.24) is 25.0 Å². The van der Waals surface area contributed by atoms with Crippen LogP contribution in [0.4, 0.5) is 5.13 Å². The fraction of sp³-hybridized carbons (Fsp3) is 0.471. The second-order valence-electron chi connectivity index (χ2n) is 6.58. The van der Waals surface area contributed by atoms with E-state index in [0.717, 1.165) is 23.5 Å². The summed E-state index contributed by atoms with van der Waals surface area (Å²) in [6, 6.07) is 3.76. The third-order valence-electron chi connectivity index (χ3n) is 4.15. The van der Waals surface area contributed by atoms with E-state index in [1.165, 1.54) is 11.3 Å². The molecule has 2 aromatic heterocycles. The van der Waals surface area contributed by atoms with Crippen LogP contribution in [0.3, 0.4) is 0 Å². The first-order chi connectivity index (χ1) is 12.5. The molecule has 0 saturated carbocycles. The number of nitrogens with one attached hydrogen (secondary N) is 1. The molecule has 3 heterocycles. The number of likely N-dealkylation sites (tertiary alicyclic amines) is 1. The van der Waals surface area contributed by atoms with Gasteiger partial charge in [-0.3, -0.25) is 14.6 Å². The Labute approximate surface area is 156 Å². The Balaban J connectivity index is 1.53. The Hall–Kier alpha value is -2.39. The number of anilines is 1. The summed E-state index contributed by atoms with van der Waals surface area (Å²) >= 11 is 1.38. The Morgan fingerprint density at radius 3 is 3.00 bits per heavy atom. The van der Waals surface area contributed by atoms with Gasteiger partial charge in [-0.15, -0.1) is 10.2 Å². The highest BCUT2D eigenvalue weighted by Crippen LogP contribution is 2.23. The Kier molecular flexibility index (Phi) is 5.89. The summed E-state index contributed by atoms with van der Waals surface area (Å²) in [4.78, 5) is 32.5. The Morgan fingerprint density at radius 1 is 1.42 bits per heavy atom. The van der Waals surface area contributed by atoms with E-state index in [2.05, 4.69) is 25.4 Å². The van der Waals surface area contributed by atoms with E-state index in [1.54, 1.807) is 17.3 Å². The molecule has 1 saturated heterocycles. The molecular weight excluding hydrogens is 352 g/mol. The van der Waals surface area contributed by atoms with E-state index in [-0.39, 0.29) is 24.2 Å². The van der Waals surface area contributed by atoms with Gasteiger partial charge in [0.2, 0.25) is 16.9 Å². The summed E-state index contributed by atoms with van der Waals surface area (Å²) < 4.78 is 0. The highest BCUT2D eigenvalue weighted by molar-refractivity contribution is 7.15. The van der Waals surface area contributed by atoms with Crippen molar-refractivity contribution in [2.75, 3.05) is 32.5 Å². The highest BCUT2D eigenvalue weighted by atomic mass is 32.1. The summed E-state index contributed by atoms with van der Waals surface area (Å²) in [6.45, 7) is 1.76. The third kappa shape index (κ3) is 4.83. The lowest BCUT2D eigenvalue weighted by atomic mass is 10.1. The summed E-state index contributed by atoms with van der Waals surface area (Å²) in [5, 5.41) is 12.3. The van der Waals surface area contributed by atoms with E-state index in [9.17, 15) is 9.59 Å². The van der Waals surface area contributed by atoms with Gasteiger partial charge in [0.1, 0.15) is 5.01 Å². The normalized spacial score (nSPS) is 17.1. The largest absolute Gasteiger partial charge is 0.337 e. The van der Waals surface area contributed by atoms with E-state index in [4.69, 9.17) is 0 Å². The first kappa shape index (κ1) is 18.4. The third-order valence-corrected chi connectivity index (χ3v) is 5.05. The molecule has 26 heavy (non-hydrogen) atoms. The predicted molar refractivity (Wildman–Crippen MR) is 98.6 cm³/mol. The quantitative estimate of drug-likeness (QED) is 0.778. The molecule has 1 fully saturated rings. The minimum atomic E-state index is -0.367. The number of hydrogen-bond acceptors (Lipinski definition) is 7. The topological polar surface area (TPSA) is 91.3 Å². The number of carbonyl (C=O) groups excluding carboxylic acids is 2. The van der Waals surface area contributed by atoms with Crippen molar-refractivity contribution in [3.8, 4) is 0 Å². The zero-order valence-corrected chi connectivity index (χ0v) is 15.7. The van der Waals surface area contributed by atoms with Crippen LogP contribution in [0.5, 0.6) is 0 Å². The SMILES string of the molecule is CN(C)CCc1nnc(NC(=O)C2CC(=O)N(Cc3cccnc3)C2)s1. The molecule has 8 nitrogen and oxygen atoms in total. The van der Waals surface area contributed by atoms with Gasteiger partial charge in [-0.05, 0) is 25.7 Å². The van der Waals surface area contributed by atoms with Crippen LogP contribution in [0, 0.1) is 5.92 Å². The van der Waals surface area contributed by atoms with Crippen molar-refractivity contribution in [3.05, 3.63) is 35.1 Å². The minimum absolute atomic E-state index is 0.0158. The summed E-state index contributed by atoms with van der Waals surface area (Å²) in [6.07, 6.45) is 4.44. The lowest BCUT2D eigenvalue weighted by molar-refractivity contribution is -0.128. The highest BCUT2D eigenvalue weighted by Gasteiger charge is 2.34. The second kappa shape index (κ2) is 8.33. The average Bonchev–Trinajstić information content (AvgIpc) is 3.21. The van der Waals surface area contributed by atoms with Crippen LogP contribution in [0.1, 0.15) is 17.0 Å². The summed E-state index contributed by atoms with van der Waals surface area (Å²) in [7, 11) is 4.00. The van der Waals surface area contributed by atoms with Gasteiger partial charge in [0.25, 0.3) is 0 Å². The number of amides is 2. The number of pyridine rings is 1. The average molecular weight is 374 g/mol. The van der Waals surface area contributed by atoms with E-state index >= 15 is 0 Å². The molecule has 9 heteroatoms. The van der Waals surface area contributed by atoms with Gasteiger partial charge in [-0.1, -0.05) is 17.4 Å². The number of likely N-dealkylation sites (N-methyl/N-ethyl adjacent to an activating group) is 1. The van der Waals surface area contributed by atoms with Crippen molar-refractivity contribution in [1.29, 1.82) is 0 Å². The standard InChI is InChI=1S/C17H22N6O2S/c1-22(2)7-5-14-20-21-17(26-14)19-16(25)13-8-15(24)23(11-13)10-12-4-3-6-18-9-12/h3-4,6,9,13H,5,7-8,10-11H2,1-2H3,(H,19,21,25). The molecule has 1 atom stereocenters. The molecule has 0 bridgehead atoms. The maximum Gasteiger partial charge on any atom is 0.231 e. The molecule has 1 aliphatic heterocycles. The molecule has 0 aliphatic carbocycles. The molecule has 1 N–H and O–H groups in total. The molecule has 2 amide bonds. The zero-order chi connectivity index (χ0) is 18.5. The van der Waals surface area contributed by atoms with Crippen molar-refractivity contribution in [2.45, 2.75) is 19.4 Å². The van der Waals surface area contributed by atoms with Crippen LogP contribution in [-0.2, 0) is 22.6 Å². The number of aromatic nitrogens is 3. The molecule has 138 valence electrons. The lowest BCUT2D eigenvalue weighted by Crippen LogP contribution is -2.28. The number of rotatable bonds is 7. The van der Waals surface area contributed by atoms with E-state index in [0.29, 0.717) is 18.2 Å². The van der Waals surface area contributed by atoms with Gasteiger partial charge in [0, 0.05) is 44.9 Å². The second-order valence-corrected chi connectivity index (χ2v) is 7.64. The van der Waals surface area contributed by atoms with E-state index in [1.807, 2.05) is 26.2 Å². The van der Waals surface area contributed by atoms with Gasteiger partial charge in [0.05, 0.1) is 5.92 Å². The van der Waals surface area contributed by atoms with Crippen molar-refractivity contribution >= 4 is 28.3 Å². The number of nitrogens with zero attached hydrogens (tertiary/aromatic N) is 5. The monoisotopic (exact) mass is 374 g/mol. The van der Waals surface area contributed by atoms with Crippen LogP contribution < -0.4 is 5.32 Å². The molecular formula is C17H22N6O2S. The van der Waals surface area contributed by atoms with Gasteiger partial charge in [0.15, 0.2) is 0 Å². The van der Waals surface area contributed by atoms with Gasteiger partial charge in [-0.25, -0.2) is 0 Å². The number of carbonyl (C=O) groups is 2. The molecule has 1 unspecified atom stereocenters. The first-order valence-electron chi connectivity index (χ1n) is 8.46. The fourth-order valence-corrected chi connectivity index (χ4v) is 3.48. The Morgan fingerprint density at radius 2 is 2.27 bits per heavy atom. The Bertz CT molecular complexity index is 764. The minimum Gasteiger partial charge on any atom is -0.337 e. The van der Waals surface area contributed by atoms with Gasteiger partial charge < -0.3 is 15.1 Å². The maximum atomic E-state index is 12.5. The van der Waals surface area contributed by atoms with Crippen molar-refractivity contribution in [2.24, 2.45) is 5.92 Å².